The van der Waals surface area contributed by atoms with E-state index in [1.54, 1.807) is 56.7 Å². The molecular formula is C28H21Cl2NO5. The molecule has 8 heteroatoms. The van der Waals surface area contributed by atoms with E-state index in [4.69, 9.17) is 41.8 Å². The number of para-hydroxylation sites is 1. The predicted molar refractivity (Wildman–Crippen MR) is 142 cm³/mol. The van der Waals surface area contributed by atoms with Crippen molar-refractivity contribution in [3.05, 3.63) is 94.0 Å². The maximum Gasteiger partial charge on any atom is 0.255 e. The van der Waals surface area contributed by atoms with E-state index in [1.165, 1.54) is 0 Å². The first kappa shape index (κ1) is 23.9. The maximum atomic E-state index is 13.2. The van der Waals surface area contributed by atoms with Gasteiger partial charge in [0.15, 0.2) is 0 Å². The lowest BCUT2D eigenvalue weighted by Gasteiger charge is -2.14. The number of anilines is 1. The normalized spacial score (nSPS) is 11.0. The summed E-state index contributed by atoms with van der Waals surface area (Å²) < 4.78 is 22.8. The molecular weight excluding hydrogens is 501 g/mol. The first-order chi connectivity index (χ1) is 17.5. The highest BCUT2D eigenvalue weighted by Crippen LogP contribution is 2.37. The minimum atomic E-state index is -0.326. The van der Waals surface area contributed by atoms with Crippen LogP contribution in [0.3, 0.4) is 0 Å². The fourth-order valence-corrected chi connectivity index (χ4v) is 4.34. The molecule has 182 valence electrons. The zero-order valence-corrected chi connectivity index (χ0v) is 20.9. The monoisotopic (exact) mass is 521 g/mol. The molecule has 36 heavy (non-hydrogen) atoms. The first-order valence-electron chi connectivity index (χ1n) is 11.0. The highest BCUT2D eigenvalue weighted by molar-refractivity contribution is 6.42. The summed E-state index contributed by atoms with van der Waals surface area (Å²) in [7, 11) is 3.11. The minimum Gasteiger partial charge on any atom is -0.496 e. The van der Waals surface area contributed by atoms with Crippen molar-refractivity contribution in [3.8, 4) is 17.2 Å². The third kappa shape index (κ3) is 4.53. The van der Waals surface area contributed by atoms with Crippen LogP contribution in [0.5, 0.6) is 17.2 Å². The SMILES string of the molecule is COc1ccc(C(=O)Nc2cc3oc4ccccc4c3cc2OC)cc1COc1cccc(Cl)c1Cl. The van der Waals surface area contributed by atoms with E-state index in [2.05, 4.69) is 5.32 Å². The van der Waals surface area contributed by atoms with Gasteiger partial charge in [0.05, 0.1) is 24.9 Å². The van der Waals surface area contributed by atoms with Crippen LogP contribution < -0.4 is 19.5 Å². The van der Waals surface area contributed by atoms with Gasteiger partial charge in [-0.25, -0.2) is 0 Å². The summed E-state index contributed by atoms with van der Waals surface area (Å²) in [5, 5.41) is 5.52. The van der Waals surface area contributed by atoms with Crippen LogP contribution in [0.25, 0.3) is 21.9 Å². The smallest absolute Gasteiger partial charge is 0.255 e. The average molecular weight is 522 g/mol. The Bertz CT molecular complexity index is 1590. The van der Waals surface area contributed by atoms with E-state index in [1.807, 2.05) is 30.3 Å². The molecule has 0 unspecified atom stereocenters. The number of amides is 1. The van der Waals surface area contributed by atoms with Gasteiger partial charge in [-0.2, -0.15) is 0 Å². The zero-order chi connectivity index (χ0) is 25.2. The number of benzene rings is 4. The third-order valence-electron chi connectivity index (χ3n) is 5.79. The molecule has 0 radical (unpaired) electrons. The van der Waals surface area contributed by atoms with Crippen molar-refractivity contribution in [1.82, 2.24) is 0 Å². The minimum absolute atomic E-state index is 0.124. The number of hydrogen-bond donors (Lipinski definition) is 1. The van der Waals surface area contributed by atoms with Crippen molar-refractivity contribution in [2.45, 2.75) is 6.61 Å². The largest absolute Gasteiger partial charge is 0.496 e. The lowest BCUT2D eigenvalue weighted by molar-refractivity contribution is 0.102. The van der Waals surface area contributed by atoms with Crippen LogP contribution in [0.2, 0.25) is 10.0 Å². The summed E-state index contributed by atoms with van der Waals surface area (Å²) in [5.74, 6) is 1.21. The standard InChI is InChI=1S/C28H21Cl2NO5/c1-33-22-11-10-16(12-17(22)15-35-24-9-5-7-20(29)27(24)30)28(32)31-21-14-25-19(13-26(21)34-2)18-6-3-4-8-23(18)36-25/h3-14H,15H2,1-2H3,(H,31,32). The van der Waals surface area contributed by atoms with Gasteiger partial charge in [-0.3, -0.25) is 4.79 Å². The molecule has 1 N–H and O–H groups in total. The molecule has 0 aliphatic carbocycles. The summed E-state index contributed by atoms with van der Waals surface area (Å²) in [6.45, 7) is 0.124. The van der Waals surface area contributed by atoms with Crippen LogP contribution in [0.15, 0.2) is 77.2 Å². The summed E-state index contributed by atoms with van der Waals surface area (Å²) in [5.41, 5.74) is 2.99. The molecule has 0 saturated heterocycles. The number of carbonyl (C=O) groups is 1. The lowest BCUT2D eigenvalue weighted by atomic mass is 10.1. The van der Waals surface area contributed by atoms with Gasteiger partial charge in [-0.1, -0.05) is 47.5 Å². The summed E-state index contributed by atoms with van der Waals surface area (Å²) in [4.78, 5) is 13.2. The second kappa shape index (κ2) is 10.0. The Balaban J connectivity index is 1.42. The molecule has 5 rings (SSSR count). The van der Waals surface area contributed by atoms with E-state index >= 15 is 0 Å². The molecule has 1 aromatic heterocycles. The summed E-state index contributed by atoms with van der Waals surface area (Å²) >= 11 is 12.3. The number of methoxy groups -OCH3 is 2. The topological polar surface area (TPSA) is 69.9 Å². The molecule has 6 nitrogen and oxygen atoms in total. The van der Waals surface area contributed by atoms with E-state index in [-0.39, 0.29) is 12.5 Å². The van der Waals surface area contributed by atoms with Crippen molar-refractivity contribution >= 4 is 56.7 Å². The molecule has 0 atom stereocenters. The van der Waals surface area contributed by atoms with Gasteiger partial charge in [0.25, 0.3) is 5.91 Å². The Kier molecular flexibility index (Phi) is 6.63. The van der Waals surface area contributed by atoms with Crippen molar-refractivity contribution < 1.29 is 23.4 Å². The van der Waals surface area contributed by atoms with Crippen molar-refractivity contribution in [1.29, 1.82) is 0 Å². The second-order valence-corrected chi connectivity index (χ2v) is 8.75. The summed E-state index contributed by atoms with van der Waals surface area (Å²) in [6, 6.07) is 21.6. The van der Waals surface area contributed by atoms with Crippen molar-refractivity contribution in [3.63, 3.8) is 0 Å². The number of ether oxygens (including phenoxy) is 3. The fraction of sp³-hybridized carbons (Fsp3) is 0.107. The molecule has 0 spiro atoms. The Labute approximate surface area is 217 Å². The lowest BCUT2D eigenvalue weighted by Crippen LogP contribution is -2.13. The number of furan rings is 1. The number of nitrogens with one attached hydrogen (secondary N) is 1. The molecule has 4 aromatic carbocycles. The van der Waals surface area contributed by atoms with E-state index in [0.29, 0.717) is 49.7 Å². The Hall–Kier alpha value is -3.87. The van der Waals surface area contributed by atoms with Crippen LogP contribution in [0.4, 0.5) is 5.69 Å². The molecule has 0 bridgehead atoms. The maximum absolute atomic E-state index is 13.2. The predicted octanol–water partition coefficient (Wildman–Crippen LogP) is 7.74. The van der Waals surface area contributed by atoms with Gasteiger partial charge in [0.2, 0.25) is 0 Å². The van der Waals surface area contributed by atoms with E-state index in [0.717, 1.165) is 16.4 Å². The number of rotatable bonds is 7. The Morgan fingerprint density at radius 3 is 2.44 bits per heavy atom. The third-order valence-corrected chi connectivity index (χ3v) is 6.59. The first-order valence-corrected chi connectivity index (χ1v) is 11.8. The highest BCUT2D eigenvalue weighted by atomic mass is 35.5. The van der Waals surface area contributed by atoms with Crippen molar-refractivity contribution in [2.24, 2.45) is 0 Å². The van der Waals surface area contributed by atoms with Gasteiger partial charge in [-0.15, -0.1) is 0 Å². The number of fused-ring (bicyclic) bond motifs is 3. The van der Waals surface area contributed by atoms with Gasteiger partial charge in [-0.05, 0) is 42.5 Å². The van der Waals surface area contributed by atoms with Crippen LogP contribution in [0, 0.1) is 0 Å². The van der Waals surface area contributed by atoms with Gasteiger partial charge < -0.3 is 23.9 Å². The quantitative estimate of drug-likeness (QED) is 0.237. The van der Waals surface area contributed by atoms with Crippen molar-refractivity contribution in [2.75, 3.05) is 19.5 Å². The Morgan fingerprint density at radius 2 is 1.64 bits per heavy atom. The van der Waals surface area contributed by atoms with Gasteiger partial charge >= 0.3 is 0 Å². The van der Waals surface area contributed by atoms with Crippen LogP contribution in [-0.4, -0.2) is 20.1 Å². The average Bonchev–Trinajstić information content (AvgIpc) is 3.26. The highest BCUT2D eigenvalue weighted by Gasteiger charge is 2.17. The van der Waals surface area contributed by atoms with Gasteiger partial charge in [0.1, 0.15) is 40.0 Å². The molecule has 1 amide bonds. The molecule has 0 fully saturated rings. The summed E-state index contributed by atoms with van der Waals surface area (Å²) in [6.07, 6.45) is 0. The fourth-order valence-electron chi connectivity index (χ4n) is 4.00. The van der Waals surface area contributed by atoms with E-state index in [9.17, 15) is 4.79 Å². The molecule has 0 aliphatic heterocycles. The molecule has 0 saturated carbocycles. The second-order valence-electron chi connectivity index (χ2n) is 7.97. The van der Waals surface area contributed by atoms with Crippen LogP contribution >= 0.6 is 23.2 Å². The number of carbonyl (C=O) groups excluding carboxylic acids is 1. The van der Waals surface area contributed by atoms with Crippen LogP contribution in [0.1, 0.15) is 15.9 Å². The van der Waals surface area contributed by atoms with Gasteiger partial charge in [0, 0.05) is 28.0 Å². The Morgan fingerprint density at radius 1 is 0.833 bits per heavy atom. The molecule has 5 aromatic rings. The van der Waals surface area contributed by atoms with Crippen LogP contribution in [-0.2, 0) is 6.61 Å². The van der Waals surface area contributed by atoms with E-state index < -0.39 is 0 Å². The number of hydrogen-bond acceptors (Lipinski definition) is 5. The molecule has 0 aliphatic rings. The molecule has 1 heterocycles. The number of halogens is 2. The zero-order valence-electron chi connectivity index (χ0n) is 19.4.